The Balaban J connectivity index is 1.77. The maximum absolute atomic E-state index is 12.0. The van der Waals surface area contributed by atoms with Crippen LogP contribution >= 0.6 is 0 Å². The maximum Gasteiger partial charge on any atom is 0.319 e. The molecule has 2 aromatic carbocycles. The number of methoxy groups -OCH3 is 1. The molecule has 0 saturated heterocycles. The summed E-state index contributed by atoms with van der Waals surface area (Å²) in [4.78, 5) is 12.0. The van der Waals surface area contributed by atoms with Gasteiger partial charge in [0.15, 0.2) is 0 Å². The van der Waals surface area contributed by atoms with Gasteiger partial charge in [-0.05, 0) is 48.4 Å². The van der Waals surface area contributed by atoms with Crippen LogP contribution in [0.15, 0.2) is 48.5 Å². The topological polar surface area (TPSA) is 79.8 Å². The molecule has 2 rings (SSSR count). The second kappa shape index (κ2) is 10.3. The molecule has 0 fully saturated rings. The lowest BCUT2D eigenvalue weighted by Crippen LogP contribution is -2.32. The number of nitrogens with one attached hydrogen (secondary N) is 2. The molecule has 0 spiro atoms. The van der Waals surface area contributed by atoms with Crippen molar-refractivity contribution in [2.45, 2.75) is 25.9 Å². The molecule has 6 heteroatoms. The third kappa shape index (κ3) is 6.29. The summed E-state index contributed by atoms with van der Waals surface area (Å²) in [5.41, 5.74) is 1.36. The molecule has 0 aliphatic heterocycles. The van der Waals surface area contributed by atoms with Crippen LogP contribution in [0.25, 0.3) is 0 Å². The largest absolute Gasteiger partial charge is 0.497 e. The molecule has 0 radical (unpaired) electrons. The van der Waals surface area contributed by atoms with E-state index in [4.69, 9.17) is 9.47 Å². The summed E-state index contributed by atoms with van der Waals surface area (Å²) in [7, 11) is 1.58. The summed E-state index contributed by atoms with van der Waals surface area (Å²) in [5, 5.41) is 15.5. The second-order valence-corrected chi connectivity index (χ2v) is 5.85. The van der Waals surface area contributed by atoms with E-state index in [0.717, 1.165) is 18.6 Å². The van der Waals surface area contributed by atoms with E-state index >= 15 is 0 Å². The first-order chi connectivity index (χ1) is 12.6. The first-order valence-corrected chi connectivity index (χ1v) is 8.72. The zero-order valence-corrected chi connectivity index (χ0v) is 15.2. The Morgan fingerprint density at radius 1 is 1.08 bits per heavy atom. The number of ether oxygens (including phenoxy) is 2. The molecule has 0 aliphatic rings. The second-order valence-electron chi connectivity index (χ2n) is 5.85. The Hall–Kier alpha value is -2.73. The molecule has 1 unspecified atom stereocenters. The third-order valence-electron chi connectivity index (χ3n) is 3.84. The van der Waals surface area contributed by atoms with Crippen LogP contribution in [-0.2, 0) is 0 Å². The molecule has 2 aromatic rings. The third-order valence-corrected chi connectivity index (χ3v) is 3.84. The molecule has 0 heterocycles. The Labute approximate surface area is 154 Å². The molecule has 6 nitrogen and oxygen atoms in total. The van der Waals surface area contributed by atoms with Crippen molar-refractivity contribution in [2.24, 2.45) is 0 Å². The van der Waals surface area contributed by atoms with Crippen molar-refractivity contribution in [3.63, 3.8) is 0 Å². The van der Waals surface area contributed by atoms with Gasteiger partial charge in [0.2, 0.25) is 0 Å². The van der Waals surface area contributed by atoms with Crippen molar-refractivity contribution in [1.29, 1.82) is 0 Å². The van der Waals surface area contributed by atoms with Crippen molar-refractivity contribution >= 4 is 11.7 Å². The van der Waals surface area contributed by atoms with Crippen LogP contribution in [0.1, 0.15) is 31.4 Å². The van der Waals surface area contributed by atoms with Gasteiger partial charge in [-0.3, -0.25) is 0 Å². The molecule has 0 bridgehead atoms. The average molecular weight is 358 g/mol. The zero-order valence-electron chi connectivity index (χ0n) is 15.2. The van der Waals surface area contributed by atoms with Crippen LogP contribution in [-0.4, -0.2) is 31.4 Å². The van der Waals surface area contributed by atoms with Crippen molar-refractivity contribution in [3.8, 4) is 11.5 Å². The Kier molecular flexibility index (Phi) is 7.76. The minimum absolute atomic E-state index is 0.108. The quantitative estimate of drug-likeness (QED) is 0.597. The average Bonchev–Trinajstić information content (AvgIpc) is 2.68. The van der Waals surface area contributed by atoms with Gasteiger partial charge in [-0.2, -0.15) is 0 Å². The van der Waals surface area contributed by atoms with Crippen LogP contribution in [0.5, 0.6) is 11.5 Å². The smallest absolute Gasteiger partial charge is 0.319 e. The fourth-order valence-corrected chi connectivity index (χ4v) is 2.28. The molecule has 3 N–H and O–H groups in total. The molecule has 0 aromatic heterocycles. The van der Waals surface area contributed by atoms with E-state index in [9.17, 15) is 9.90 Å². The first-order valence-electron chi connectivity index (χ1n) is 8.72. The van der Waals surface area contributed by atoms with Gasteiger partial charge in [0.25, 0.3) is 0 Å². The minimum atomic E-state index is -0.791. The number of aliphatic hydroxyl groups excluding tert-OH is 1. The highest BCUT2D eigenvalue weighted by Gasteiger charge is 2.10. The van der Waals surface area contributed by atoms with E-state index in [0.29, 0.717) is 23.6 Å². The molecule has 2 amide bonds. The Morgan fingerprint density at radius 2 is 1.73 bits per heavy atom. The van der Waals surface area contributed by atoms with E-state index in [2.05, 4.69) is 17.6 Å². The molecular formula is C20H26N2O4. The molecule has 1 atom stereocenters. The number of amides is 2. The van der Waals surface area contributed by atoms with Crippen molar-refractivity contribution in [3.05, 3.63) is 54.1 Å². The number of aliphatic hydroxyl groups is 1. The molecule has 140 valence electrons. The van der Waals surface area contributed by atoms with Gasteiger partial charge in [-0.15, -0.1) is 0 Å². The highest BCUT2D eigenvalue weighted by Crippen LogP contribution is 2.18. The number of hydrogen-bond acceptors (Lipinski definition) is 4. The number of hydrogen-bond donors (Lipinski definition) is 3. The normalized spacial score (nSPS) is 11.5. The number of carbonyl (C=O) groups is 1. The predicted molar refractivity (Wildman–Crippen MR) is 102 cm³/mol. The molecule has 0 aliphatic carbocycles. The number of unbranched alkanes of at least 4 members (excludes halogenated alkanes) is 1. The highest BCUT2D eigenvalue weighted by atomic mass is 16.5. The number of benzene rings is 2. The summed E-state index contributed by atoms with van der Waals surface area (Å²) < 4.78 is 10.7. The van der Waals surface area contributed by atoms with E-state index in [-0.39, 0.29) is 12.6 Å². The van der Waals surface area contributed by atoms with Crippen molar-refractivity contribution in [1.82, 2.24) is 5.32 Å². The minimum Gasteiger partial charge on any atom is -0.497 e. The van der Waals surface area contributed by atoms with Gasteiger partial charge < -0.3 is 25.2 Å². The number of anilines is 1. The maximum atomic E-state index is 12.0. The summed E-state index contributed by atoms with van der Waals surface area (Å²) in [6.07, 6.45) is 1.31. The van der Waals surface area contributed by atoms with E-state index in [1.807, 2.05) is 12.1 Å². The van der Waals surface area contributed by atoms with Crippen LogP contribution in [0.2, 0.25) is 0 Å². The number of rotatable bonds is 9. The first kappa shape index (κ1) is 19.6. The Morgan fingerprint density at radius 3 is 2.35 bits per heavy atom. The molecule has 26 heavy (non-hydrogen) atoms. The lowest BCUT2D eigenvalue weighted by molar-refractivity contribution is 0.175. The van der Waals surface area contributed by atoms with Crippen molar-refractivity contribution < 1.29 is 19.4 Å². The van der Waals surface area contributed by atoms with Crippen molar-refractivity contribution in [2.75, 3.05) is 25.6 Å². The number of urea groups is 1. The highest BCUT2D eigenvalue weighted by molar-refractivity contribution is 5.89. The van der Waals surface area contributed by atoms with Crippen LogP contribution in [0, 0.1) is 0 Å². The summed E-state index contributed by atoms with van der Waals surface area (Å²) in [5.74, 6) is 1.49. The number of carbonyl (C=O) groups excluding carboxylic acids is 1. The molecular weight excluding hydrogens is 332 g/mol. The van der Waals surface area contributed by atoms with Gasteiger partial charge >= 0.3 is 6.03 Å². The van der Waals surface area contributed by atoms with Gasteiger partial charge in [0.1, 0.15) is 11.5 Å². The molecule has 0 saturated carbocycles. The standard InChI is InChI=1S/C20H26N2O4/c1-3-4-13-26-18-11-7-16(8-12-18)22-20(24)21-14-19(23)15-5-9-17(25-2)10-6-15/h5-12,19,23H,3-4,13-14H2,1-2H3,(H2,21,22,24). The lowest BCUT2D eigenvalue weighted by Gasteiger charge is -2.13. The SMILES string of the molecule is CCCCOc1ccc(NC(=O)NCC(O)c2ccc(OC)cc2)cc1. The fourth-order valence-electron chi connectivity index (χ4n) is 2.28. The van der Waals surface area contributed by atoms with E-state index < -0.39 is 6.10 Å². The van der Waals surface area contributed by atoms with Gasteiger partial charge in [-0.1, -0.05) is 25.5 Å². The van der Waals surface area contributed by atoms with Crippen LogP contribution in [0.4, 0.5) is 10.5 Å². The lowest BCUT2D eigenvalue weighted by atomic mass is 10.1. The fraction of sp³-hybridized carbons (Fsp3) is 0.350. The van der Waals surface area contributed by atoms with Gasteiger partial charge in [-0.25, -0.2) is 4.79 Å². The van der Waals surface area contributed by atoms with Crippen LogP contribution in [0.3, 0.4) is 0 Å². The van der Waals surface area contributed by atoms with E-state index in [1.165, 1.54) is 0 Å². The zero-order chi connectivity index (χ0) is 18.8. The monoisotopic (exact) mass is 358 g/mol. The van der Waals surface area contributed by atoms with E-state index in [1.54, 1.807) is 43.5 Å². The summed E-state index contributed by atoms with van der Waals surface area (Å²) in [6, 6.07) is 13.9. The predicted octanol–water partition coefficient (Wildman–Crippen LogP) is 3.73. The summed E-state index contributed by atoms with van der Waals surface area (Å²) in [6.45, 7) is 2.91. The van der Waals surface area contributed by atoms with Gasteiger partial charge in [0.05, 0.1) is 19.8 Å². The Bertz CT molecular complexity index is 671. The summed E-state index contributed by atoms with van der Waals surface area (Å²) >= 11 is 0. The van der Waals surface area contributed by atoms with Gasteiger partial charge in [0, 0.05) is 12.2 Å². The van der Waals surface area contributed by atoms with Crippen LogP contribution < -0.4 is 20.1 Å².